The fraction of sp³-hybridized carbons (Fsp3) is 0.500. The van der Waals surface area contributed by atoms with Gasteiger partial charge in [0.2, 0.25) is 0 Å². The van der Waals surface area contributed by atoms with Gasteiger partial charge in [-0.2, -0.15) is 0 Å². The van der Waals surface area contributed by atoms with E-state index in [4.69, 9.17) is 16.3 Å². The molecule has 0 saturated heterocycles. The lowest BCUT2D eigenvalue weighted by atomic mass is 9.85. The Morgan fingerprint density at radius 2 is 1.84 bits per heavy atom. The van der Waals surface area contributed by atoms with Crippen molar-refractivity contribution in [3.8, 4) is 0 Å². The van der Waals surface area contributed by atoms with Crippen molar-refractivity contribution in [2.75, 3.05) is 33.9 Å². The number of carbonyl (C=O) groups excluding carboxylic acids is 2. The molecule has 2 aromatic rings. The summed E-state index contributed by atoms with van der Waals surface area (Å²) < 4.78 is 25.4. The zero-order valence-corrected chi connectivity index (χ0v) is 22.3. The Bertz CT molecular complexity index is 1030. The van der Waals surface area contributed by atoms with Crippen LogP contribution >= 0.6 is 11.6 Å². The fourth-order valence-corrected chi connectivity index (χ4v) is 4.97. The Morgan fingerprint density at radius 3 is 2.54 bits per heavy atom. The summed E-state index contributed by atoms with van der Waals surface area (Å²) in [5, 5.41) is 9.27. The van der Waals surface area contributed by atoms with Crippen LogP contribution in [-0.2, 0) is 9.47 Å². The molecule has 2 aromatic carbocycles. The number of carbonyl (C=O) groups is 2. The van der Waals surface area contributed by atoms with Crippen LogP contribution in [0.2, 0.25) is 5.02 Å². The smallest absolute Gasteiger partial charge is 0.406 e. The number of benzene rings is 2. The van der Waals surface area contributed by atoms with Crippen molar-refractivity contribution in [3.63, 3.8) is 0 Å². The van der Waals surface area contributed by atoms with E-state index in [9.17, 15) is 14.0 Å². The summed E-state index contributed by atoms with van der Waals surface area (Å²) in [6.07, 6.45) is 6.08. The Kier molecular flexibility index (Phi) is 11.6. The molecule has 1 saturated carbocycles. The molecule has 1 unspecified atom stereocenters. The molecular formula is C28H37ClFN3O4. The highest BCUT2D eigenvalue weighted by Crippen LogP contribution is 2.30. The van der Waals surface area contributed by atoms with Gasteiger partial charge in [0.15, 0.2) is 0 Å². The molecule has 1 aliphatic carbocycles. The molecule has 0 radical (unpaired) electrons. The lowest BCUT2D eigenvalue weighted by Crippen LogP contribution is -2.40. The SMILES string of the molecule is CNC(CNC(=O)c1cc([C@@H](OCCNC(=O)OC)c2cccc(Cl)c2)ccc1F)CC1CCCCC1. The van der Waals surface area contributed by atoms with Gasteiger partial charge >= 0.3 is 6.09 Å². The molecule has 2 atom stereocenters. The average Bonchev–Trinajstić information content (AvgIpc) is 2.91. The number of ether oxygens (including phenoxy) is 2. The summed E-state index contributed by atoms with van der Waals surface area (Å²) in [6.45, 7) is 0.795. The molecule has 202 valence electrons. The Hall–Kier alpha value is -2.68. The van der Waals surface area contributed by atoms with Crippen LogP contribution in [0.3, 0.4) is 0 Å². The highest BCUT2D eigenvalue weighted by atomic mass is 35.5. The third-order valence-corrected chi connectivity index (χ3v) is 7.03. The zero-order chi connectivity index (χ0) is 26.6. The first-order valence-corrected chi connectivity index (χ1v) is 13.2. The van der Waals surface area contributed by atoms with Crippen LogP contribution in [0.5, 0.6) is 0 Å². The van der Waals surface area contributed by atoms with Crippen LogP contribution in [0.25, 0.3) is 0 Å². The van der Waals surface area contributed by atoms with Gasteiger partial charge in [-0.1, -0.05) is 61.9 Å². The third-order valence-electron chi connectivity index (χ3n) is 6.79. The largest absolute Gasteiger partial charge is 0.453 e. The highest BCUT2D eigenvalue weighted by molar-refractivity contribution is 6.30. The standard InChI is InChI=1S/C28H37ClFN3O4/c1-31-23(15-19-7-4-3-5-8-19)18-33-27(34)24-17-21(11-12-25(24)30)26(20-9-6-10-22(29)16-20)37-14-13-32-28(35)36-2/h6,9-12,16-17,19,23,26,31H,3-5,7-8,13-15,18H2,1-2H3,(H,32,35)(H,33,34)/t23?,26-/m0/s1. The molecule has 9 heteroatoms. The minimum atomic E-state index is -0.623. The van der Waals surface area contributed by atoms with Gasteiger partial charge in [0.05, 0.1) is 19.3 Å². The number of hydrogen-bond donors (Lipinski definition) is 3. The molecule has 7 nitrogen and oxygen atoms in total. The first-order chi connectivity index (χ1) is 17.9. The van der Waals surface area contributed by atoms with Crippen LogP contribution < -0.4 is 16.0 Å². The quantitative estimate of drug-likeness (QED) is 0.325. The maximum Gasteiger partial charge on any atom is 0.406 e. The van der Waals surface area contributed by atoms with Crippen LogP contribution in [0, 0.1) is 11.7 Å². The molecule has 2 amide bonds. The summed E-state index contributed by atoms with van der Waals surface area (Å²) in [7, 11) is 3.17. The van der Waals surface area contributed by atoms with Gasteiger partial charge in [0, 0.05) is 24.2 Å². The molecular weight excluding hydrogens is 497 g/mol. The fourth-order valence-electron chi connectivity index (χ4n) is 4.78. The minimum absolute atomic E-state index is 0.0478. The van der Waals surface area contributed by atoms with Crippen LogP contribution in [-0.4, -0.2) is 51.9 Å². The molecule has 37 heavy (non-hydrogen) atoms. The maximum atomic E-state index is 14.8. The van der Waals surface area contributed by atoms with Crippen molar-refractivity contribution in [2.45, 2.75) is 50.7 Å². The lowest BCUT2D eigenvalue weighted by Gasteiger charge is -2.26. The average molecular weight is 534 g/mol. The lowest BCUT2D eigenvalue weighted by molar-refractivity contribution is 0.0803. The minimum Gasteiger partial charge on any atom is -0.453 e. The molecule has 1 aliphatic rings. The number of amides is 2. The predicted molar refractivity (Wildman–Crippen MR) is 142 cm³/mol. The van der Waals surface area contributed by atoms with Gasteiger partial charge in [-0.15, -0.1) is 0 Å². The summed E-state index contributed by atoms with van der Waals surface area (Å²) >= 11 is 6.20. The Morgan fingerprint density at radius 1 is 1.08 bits per heavy atom. The molecule has 3 rings (SSSR count). The van der Waals surface area contributed by atoms with E-state index in [0.29, 0.717) is 23.0 Å². The predicted octanol–water partition coefficient (Wildman–Crippen LogP) is 5.23. The van der Waals surface area contributed by atoms with E-state index >= 15 is 0 Å². The Balaban J connectivity index is 1.71. The van der Waals surface area contributed by atoms with E-state index in [1.165, 1.54) is 51.3 Å². The number of methoxy groups -OCH3 is 1. The summed E-state index contributed by atoms with van der Waals surface area (Å²) in [5.74, 6) is -0.417. The number of nitrogens with one attached hydrogen (secondary N) is 3. The van der Waals surface area contributed by atoms with Gasteiger partial charge in [0.1, 0.15) is 11.9 Å². The van der Waals surface area contributed by atoms with Crippen molar-refractivity contribution in [1.82, 2.24) is 16.0 Å². The van der Waals surface area contributed by atoms with Crippen molar-refractivity contribution in [3.05, 3.63) is 70.0 Å². The molecule has 0 spiro atoms. The normalized spacial score (nSPS) is 15.6. The van der Waals surface area contributed by atoms with E-state index in [2.05, 4.69) is 20.7 Å². The molecule has 1 fully saturated rings. The zero-order valence-electron chi connectivity index (χ0n) is 21.5. The highest BCUT2D eigenvalue weighted by Gasteiger charge is 2.22. The van der Waals surface area contributed by atoms with Gasteiger partial charge in [-0.05, 0) is 54.8 Å². The number of likely N-dealkylation sites (N-methyl/N-ethyl adjacent to an activating group) is 1. The molecule has 0 aliphatic heterocycles. The molecule has 0 bridgehead atoms. The molecule has 3 N–H and O–H groups in total. The maximum absolute atomic E-state index is 14.8. The van der Waals surface area contributed by atoms with E-state index in [1.807, 2.05) is 13.1 Å². The monoisotopic (exact) mass is 533 g/mol. The summed E-state index contributed by atoms with van der Waals surface area (Å²) in [4.78, 5) is 24.4. The van der Waals surface area contributed by atoms with Crippen molar-refractivity contribution < 1.29 is 23.5 Å². The second-order valence-electron chi connectivity index (χ2n) is 9.40. The number of halogens is 2. The third kappa shape index (κ3) is 8.98. The van der Waals surface area contributed by atoms with Crippen LogP contribution in [0.4, 0.5) is 9.18 Å². The summed E-state index contributed by atoms with van der Waals surface area (Å²) in [5.41, 5.74) is 1.29. The van der Waals surface area contributed by atoms with Crippen molar-refractivity contribution >= 4 is 23.6 Å². The first kappa shape index (κ1) is 28.9. The van der Waals surface area contributed by atoms with Crippen molar-refractivity contribution in [1.29, 1.82) is 0 Å². The van der Waals surface area contributed by atoms with E-state index in [-0.39, 0.29) is 24.8 Å². The number of hydrogen-bond acceptors (Lipinski definition) is 5. The van der Waals surface area contributed by atoms with E-state index in [0.717, 1.165) is 12.0 Å². The topological polar surface area (TPSA) is 88.7 Å². The van der Waals surface area contributed by atoms with Gasteiger partial charge in [0.25, 0.3) is 5.91 Å². The first-order valence-electron chi connectivity index (χ1n) is 12.8. The Labute approximate surface area is 223 Å². The summed E-state index contributed by atoms with van der Waals surface area (Å²) in [6, 6.07) is 11.6. The van der Waals surface area contributed by atoms with E-state index < -0.39 is 23.9 Å². The number of alkyl carbamates (subject to hydrolysis) is 1. The van der Waals surface area contributed by atoms with Gasteiger partial charge < -0.3 is 25.4 Å². The van der Waals surface area contributed by atoms with Crippen LogP contribution in [0.15, 0.2) is 42.5 Å². The molecule has 0 aromatic heterocycles. The van der Waals surface area contributed by atoms with Crippen LogP contribution in [0.1, 0.15) is 66.1 Å². The van der Waals surface area contributed by atoms with Crippen molar-refractivity contribution in [2.24, 2.45) is 5.92 Å². The van der Waals surface area contributed by atoms with Gasteiger partial charge in [-0.25, -0.2) is 9.18 Å². The second-order valence-corrected chi connectivity index (χ2v) is 9.84. The van der Waals surface area contributed by atoms with Gasteiger partial charge in [-0.3, -0.25) is 4.79 Å². The molecule has 0 heterocycles. The second kappa shape index (κ2) is 14.9. The van der Waals surface area contributed by atoms with E-state index in [1.54, 1.807) is 24.3 Å². The number of rotatable bonds is 12.